The molecule has 6 aliphatic rings. The normalized spacial score (nSPS) is 23.3. The van der Waals surface area contributed by atoms with Gasteiger partial charge >= 0.3 is 0 Å². The van der Waals surface area contributed by atoms with Crippen molar-refractivity contribution >= 4 is 44.3 Å². The van der Waals surface area contributed by atoms with Crippen LogP contribution in [0.2, 0.25) is 0 Å². The Bertz CT molecular complexity index is 2350. The van der Waals surface area contributed by atoms with E-state index in [1.54, 1.807) is 0 Å². The van der Waals surface area contributed by atoms with Crippen molar-refractivity contribution < 1.29 is 18.4 Å². The summed E-state index contributed by atoms with van der Waals surface area (Å²) in [6.45, 7) is 8.26. The molecule has 5 fully saturated rings. The maximum absolute atomic E-state index is 15.2. The third-order valence-electron chi connectivity index (χ3n) is 15.2. The Morgan fingerprint density at radius 2 is 1.42 bits per heavy atom. The van der Waals surface area contributed by atoms with Gasteiger partial charge in [-0.1, -0.05) is 37.5 Å². The Balaban J connectivity index is 0.713. The summed E-state index contributed by atoms with van der Waals surface area (Å²) in [5.41, 5.74) is 4.91. The lowest BCUT2D eigenvalue weighted by molar-refractivity contribution is -0.134. The minimum absolute atomic E-state index is 0.0810. The number of amides is 2. The molecule has 1 unspecified atom stereocenters. The van der Waals surface area contributed by atoms with Crippen LogP contribution in [0, 0.1) is 23.5 Å². The van der Waals surface area contributed by atoms with E-state index in [0.29, 0.717) is 22.9 Å². The highest BCUT2D eigenvalue weighted by molar-refractivity contribution is 9.10. The van der Waals surface area contributed by atoms with Crippen LogP contribution in [0.1, 0.15) is 118 Å². The molecule has 4 saturated heterocycles. The lowest BCUT2D eigenvalue weighted by Gasteiger charge is -2.40. The van der Waals surface area contributed by atoms with Crippen LogP contribution in [0.3, 0.4) is 0 Å². The van der Waals surface area contributed by atoms with E-state index in [1.807, 2.05) is 12.1 Å². The number of anilines is 1. The summed E-state index contributed by atoms with van der Waals surface area (Å²) in [6.07, 6.45) is 12.6. The van der Waals surface area contributed by atoms with Gasteiger partial charge in [-0.25, -0.2) is 8.78 Å². The molecule has 1 aliphatic carbocycles. The molecule has 1 N–H and O–H groups in total. The van der Waals surface area contributed by atoms with Gasteiger partial charge in [-0.15, -0.1) is 0 Å². The van der Waals surface area contributed by atoms with Crippen LogP contribution in [-0.2, 0) is 15.0 Å². The minimum Gasteiger partial charge on any atom is -0.371 e. The number of benzene rings is 3. The monoisotopic (exact) mass is 880 g/mol. The largest absolute Gasteiger partial charge is 0.371 e. The van der Waals surface area contributed by atoms with Gasteiger partial charge in [-0.2, -0.15) is 4.98 Å². The maximum atomic E-state index is 15.2. The molecule has 6 heterocycles. The van der Waals surface area contributed by atoms with Crippen molar-refractivity contribution in [2.75, 3.05) is 57.3 Å². The fourth-order valence-electron chi connectivity index (χ4n) is 11.9. The van der Waals surface area contributed by atoms with E-state index in [1.165, 1.54) is 54.8 Å². The van der Waals surface area contributed by atoms with Crippen LogP contribution in [0.15, 0.2) is 57.8 Å². The number of imide groups is 1. The van der Waals surface area contributed by atoms with Crippen LogP contribution < -0.4 is 15.8 Å². The van der Waals surface area contributed by atoms with Gasteiger partial charge in [0.05, 0.1) is 27.9 Å². The van der Waals surface area contributed by atoms with Gasteiger partial charge in [0.2, 0.25) is 11.8 Å². The summed E-state index contributed by atoms with van der Waals surface area (Å²) in [7, 11) is 0. The highest BCUT2D eigenvalue weighted by Gasteiger charge is 2.47. The van der Waals surface area contributed by atoms with Crippen molar-refractivity contribution in [3.05, 3.63) is 97.5 Å². The summed E-state index contributed by atoms with van der Waals surface area (Å²) in [6, 6.07) is 16.0. The quantitative estimate of drug-likeness (QED) is 0.187. The topological polar surface area (TPSA) is 90.8 Å². The first-order chi connectivity index (χ1) is 29.1. The molecule has 316 valence electrons. The van der Waals surface area contributed by atoms with Gasteiger partial charge in [-0.3, -0.25) is 24.3 Å². The van der Waals surface area contributed by atoms with Crippen molar-refractivity contribution in [3.8, 4) is 5.69 Å². The van der Waals surface area contributed by atoms with Gasteiger partial charge in [0.15, 0.2) is 0 Å². The highest BCUT2D eigenvalue weighted by Crippen LogP contribution is 2.52. The first-order valence-corrected chi connectivity index (χ1v) is 23.3. The lowest BCUT2D eigenvalue weighted by Crippen LogP contribution is -2.44. The molecule has 5 aliphatic heterocycles. The Morgan fingerprint density at radius 1 is 0.767 bits per heavy atom. The second-order valence-electron chi connectivity index (χ2n) is 18.7. The third kappa shape index (κ3) is 7.32. The molecule has 10 rings (SSSR count). The second-order valence-corrected chi connectivity index (χ2v) is 19.6. The number of hydrogen-bond donors (Lipinski definition) is 1. The smallest absolute Gasteiger partial charge is 0.281 e. The van der Waals surface area contributed by atoms with E-state index in [0.717, 1.165) is 119 Å². The number of rotatable bonds is 7. The van der Waals surface area contributed by atoms with Gasteiger partial charge in [-0.05, 0) is 159 Å². The molecule has 60 heavy (non-hydrogen) atoms. The molecule has 1 atom stereocenters. The summed E-state index contributed by atoms with van der Waals surface area (Å²) in [4.78, 5) is 49.5. The minimum atomic E-state index is -0.979. The lowest BCUT2D eigenvalue weighted by atomic mass is 9.69. The van der Waals surface area contributed by atoms with Gasteiger partial charge in [0.1, 0.15) is 17.5 Å². The zero-order valence-corrected chi connectivity index (χ0v) is 36.0. The van der Waals surface area contributed by atoms with E-state index in [2.05, 4.69) is 64.8 Å². The first kappa shape index (κ1) is 40.1. The Morgan fingerprint density at radius 3 is 2.08 bits per heavy atom. The number of nitrogens with one attached hydrogen (secondary N) is 1. The van der Waals surface area contributed by atoms with Crippen molar-refractivity contribution in [2.45, 2.75) is 101 Å². The predicted octanol–water partition coefficient (Wildman–Crippen LogP) is 8.32. The molecular formula is C48H55BrF2N6O3. The summed E-state index contributed by atoms with van der Waals surface area (Å²) in [5, 5.41) is 2.87. The number of halogens is 3. The van der Waals surface area contributed by atoms with Crippen LogP contribution in [0.4, 0.5) is 14.5 Å². The summed E-state index contributed by atoms with van der Waals surface area (Å²) in [5.74, 6) is -0.690. The fraction of sp³-hybridized carbons (Fsp3) is 0.542. The second kappa shape index (κ2) is 16.4. The van der Waals surface area contributed by atoms with E-state index in [-0.39, 0.29) is 29.4 Å². The van der Waals surface area contributed by atoms with E-state index < -0.39 is 29.4 Å². The van der Waals surface area contributed by atoms with Gasteiger partial charge < -0.3 is 14.7 Å². The molecule has 4 aromatic rings. The van der Waals surface area contributed by atoms with E-state index in [9.17, 15) is 14.4 Å². The molecule has 1 spiro atoms. The average Bonchev–Trinajstić information content (AvgIpc) is 3.50. The zero-order chi connectivity index (χ0) is 41.1. The number of carbonyl (C=O) groups is 2. The van der Waals surface area contributed by atoms with Gasteiger partial charge in [0.25, 0.3) is 5.56 Å². The SMILES string of the molecule is O=C1CCC(c2c(F)cc(N3CCC(CN4CCC(CN5CCC(c6ccc7c(c6)-n6c(nc(=O)c8c(Br)cccc86)C76CCCCC6)CC5)CC4)CC3)cc2F)C(=O)N1. The number of aromatic nitrogens is 2. The third-order valence-corrected chi connectivity index (χ3v) is 15.9. The number of fused-ring (bicyclic) bond motifs is 7. The first-order valence-electron chi connectivity index (χ1n) is 22.5. The maximum Gasteiger partial charge on any atom is 0.281 e. The van der Waals surface area contributed by atoms with Crippen LogP contribution in [-0.4, -0.2) is 83.5 Å². The number of hydrogen-bond acceptors (Lipinski definition) is 7. The summed E-state index contributed by atoms with van der Waals surface area (Å²) < 4.78 is 33.6. The van der Waals surface area contributed by atoms with E-state index in [4.69, 9.17) is 4.98 Å². The molecule has 12 heteroatoms. The molecule has 1 aromatic heterocycles. The van der Waals surface area contributed by atoms with Crippen LogP contribution in [0.5, 0.6) is 0 Å². The molecule has 1 saturated carbocycles. The molecule has 0 bridgehead atoms. The van der Waals surface area contributed by atoms with Crippen LogP contribution in [0.25, 0.3) is 16.6 Å². The molecule has 3 aromatic carbocycles. The van der Waals surface area contributed by atoms with Crippen molar-refractivity contribution in [1.29, 1.82) is 0 Å². The van der Waals surface area contributed by atoms with Crippen molar-refractivity contribution in [2.24, 2.45) is 11.8 Å². The van der Waals surface area contributed by atoms with Crippen molar-refractivity contribution in [3.63, 3.8) is 0 Å². The standard InChI is InChI=1S/C48H55BrF2N6O3/c49-37-5-4-6-40-44(37)46(60)53-47-48(17-2-1-3-18-48)36-9-7-33(25-41(36)57(40)47)32-15-21-55(22-16-32)28-30-11-19-54(20-12-30)29-31-13-23-56(24-14-31)34-26-38(50)43(39(51)27-34)35-8-10-42(58)52-45(35)59/h4-7,9,25-27,30-32,35H,1-3,8,10-24,28-29H2,(H,52,58,59). The predicted molar refractivity (Wildman–Crippen MR) is 233 cm³/mol. The van der Waals surface area contributed by atoms with Gasteiger partial charge in [0, 0.05) is 48.3 Å². The van der Waals surface area contributed by atoms with E-state index >= 15 is 8.78 Å². The van der Waals surface area contributed by atoms with Crippen LogP contribution >= 0.6 is 15.9 Å². The Kier molecular flexibility index (Phi) is 10.9. The highest BCUT2D eigenvalue weighted by atomic mass is 79.9. The number of piperidine rings is 4. The van der Waals surface area contributed by atoms with Crippen molar-refractivity contribution in [1.82, 2.24) is 24.7 Å². The molecular weight excluding hydrogens is 826 g/mol. The number of carbonyl (C=O) groups excluding carboxylic acids is 2. The number of likely N-dealkylation sites (tertiary alicyclic amines) is 2. The Hall–Kier alpha value is -4.00. The molecule has 9 nitrogen and oxygen atoms in total. The molecule has 2 amide bonds. The fourth-order valence-corrected chi connectivity index (χ4v) is 12.4. The zero-order valence-electron chi connectivity index (χ0n) is 34.4. The number of nitrogens with zero attached hydrogens (tertiary/aromatic N) is 5. The Labute approximate surface area is 359 Å². The molecule has 0 radical (unpaired) electrons. The summed E-state index contributed by atoms with van der Waals surface area (Å²) >= 11 is 3.66. The average molecular weight is 882 g/mol.